The van der Waals surface area contributed by atoms with Crippen LogP contribution in [0.2, 0.25) is 0 Å². The maximum absolute atomic E-state index is 12.2. The third-order valence-corrected chi connectivity index (χ3v) is 4.19. The van der Waals surface area contributed by atoms with Gasteiger partial charge in [-0.2, -0.15) is 0 Å². The number of phenolic OH excluding ortho intramolecular Hbond substituents is 1. The molecular weight excluding hydrogens is 296 g/mol. The van der Waals surface area contributed by atoms with E-state index in [1.807, 2.05) is 0 Å². The Morgan fingerprint density at radius 3 is 2.29 bits per heavy atom. The summed E-state index contributed by atoms with van der Waals surface area (Å²) in [5, 5.41) is 19.8. The molecule has 2 rings (SSSR count). The number of nitro groups is 1. The molecule has 0 heterocycles. The van der Waals surface area contributed by atoms with Crippen molar-refractivity contribution in [1.82, 2.24) is 0 Å². The SMILES string of the molecule is Cc1cc([N+](=O)[O-])ccc1NS(=O)(=O)c1ccc(O)cc1. The predicted octanol–water partition coefficient (Wildman–Crippen LogP) is 2.41. The zero-order valence-electron chi connectivity index (χ0n) is 11.0. The van der Waals surface area contributed by atoms with Gasteiger partial charge in [-0.25, -0.2) is 8.42 Å². The molecule has 110 valence electrons. The van der Waals surface area contributed by atoms with Crippen molar-refractivity contribution >= 4 is 21.4 Å². The first-order valence-electron chi connectivity index (χ1n) is 5.86. The van der Waals surface area contributed by atoms with Gasteiger partial charge < -0.3 is 5.11 Å². The van der Waals surface area contributed by atoms with E-state index in [1.165, 1.54) is 42.5 Å². The first-order chi connectivity index (χ1) is 9.79. The summed E-state index contributed by atoms with van der Waals surface area (Å²) in [5.74, 6) is -0.0412. The molecule has 2 N–H and O–H groups in total. The lowest BCUT2D eigenvalue weighted by molar-refractivity contribution is -0.384. The molecule has 8 heteroatoms. The number of hydrogen-bond donors (Lipinski definition) is 2. The zero-order chi connectivity index (χ0) is 15.6. The quantitative estimate of drug-likeness (QED) is 0.665. The normalized spacial score (nSPS) is 11.1. The topological polar surface area (TPSA) is 110 Å². The number of rotatable bonds is 4. The minimum Gasteiger partial charge on any atom is -0.508 e. The van der Waals surface area contributed by atoms with Gasteiger partial charge in [0, 0.05) is 12.1 Å². The van der Waals surface area contributed by atoms with E-state index < -0.39 is 14.9 Å². The first kappa shape index (κ1) is 14.8. The number of sulfonamides is 1. The fourth-order valence-electron chi connectivity index (χ4n) is 1.70. The van der Waals surface area contributed by atoms with E-state index in [1.54, 1.807) is 6.92 Å². The van der Waals surface area contributed by atoms with Crippen molar-refractivity contribution in [2.75, 3.05) is 4.72 Å². The first-order valence-corrected chi connectivity index (χ1v) is 7.35. The average Bonchev–Trinajstić information content (AvgIpc) is 2.41. The lowest BCUT2D eigenvalue weighted by atomic mass is 10.2. The molecule has 0 fully saturated rings. The molecule has 0 aliphatic carbocycles. The molecule has 2 aromatic carbocycles. The van der Waals surface area contributed by atoms with Crippen molar-refractivity contribution in [3.63, 3.8) is 0 Å². The second-order valence-corrected chi connectivity index (χ2v) is 6.04. The Bertz CT molecular complexity index is 785. The molecule has 0 atom stereocenters. The Labute approximate surface area is 121 Å². The lowest BCUT2D eigenvalue weighted by Crippen LogP contribution is -2.13. The molecule has 0 saturated heterocycles. The molecule has 0 saturated carbocycles. The summed E-state index contributed by atoms with van der Waals surface area (Å²) in [7, 11) is -3.82. The lowest BCUT2D eigenvalue weighted by Gasteiger charge is -2.10. The maximum Gasteiger partial charge on any atom is 0.269 e. The van der Waals surface area contributed by atoms with Gasteiger partial charge >= 0.3 is 0 Å². The van der Waals surface area contributed by atoms with Crippen molar-refractivity contribution in [2.45, 2.75) is 11.8 Å². The number of benzene rings is 2. The maximum atomic E-state index is 12.2. The van der Waals surface area contributed by atoms with Gasteiger partial charge in [0.05, 0.1) is 15.5 Å². The Kier molecular flexibility index (Phi) is 3.81. The van der Waals surface area contributed by atoms with Crippen LogP contribution in [0.5, 0.6) is 5.75 Å². The molecule has 0 aliphatic heterocycles. The molecular formula is C13H12N2O5S. The molecule has 0 radical (unpaired) electrons. The fourth-order valence-corrected chi connectivity index (χ4v) is 2.84. The average molecular weight is 308 g/mol. The highest BCUT2D eigenvalue weighted by molar-refractivity contribution is 7.92. The van der Waals surface area contributed by atoms with Crippen LogP contribution in [0, 0.1) is 17.0 Å². The highest BCUT2D eigenvalue weighted by Crippen LogP contribution is 2.24. The van der Waals surface area contributed by atoms with E-state index in [-0.39, 0.29) is 22.0 Å². The van der Waals surface area contributed by atoms with Crippen LogP contribution in [0.4, 0.5) is 11.4 Å². The highest BCUT2D eigenvalue weighted by atomic mass is 32.2. The van der Waals surface area contributed by atoms with E-state index in [4.69, 9.17) is 5.11 Å². The van der Waals surface area contributed by atoms with Crippen molar-refractivity contribution in [3.8, 4) is 5.75 Å². The number of non-ortho nitro benzene ring substituents is 1. The minimum atomic E-state index is -3.82. The monoisotopic (exact) mass is 308 g/mol. The second kappa shape index (κ2) is 5.41. The second-order valence-electron chi connectivity index (χ2n) is 4.36. The summed E-state index contributed by atoms with van der Waals surface area (Å²) in [6.45, 7) is 1.57. The number of nitrogens with zero attached hydrogens (tertiary/aromatic N) is 1. The van der Waals surface area contributed by atoms with Crippen LogP contribution >= 0.6 is 0 Å². The standard InChI is InChI=1S/C13H12N2O5S/c1-9-8-10(15(17)18)2-7-13(9)14-21(19,20)12-5-3-11(16)4-6-12/h2-8,14,16H,1H3. The molecule has 0 aromatic heterocycles. The van der Waals surface area contributed by atoms with E-state index in [0.717, 1.165) is 0 Å². The van der Waals surface area contributed by atoms with Crippen LogP contribution in [0.25, 0.3) is 0 Å². The number of aromatic hydroxyl groups is 1. The fraction of sp³-hybridized carbons (Fsp3) is 0.0769. The molecule has 0 aliphatic rings. The van der Waals surface area contributed by atoms with Gasteiger partial charge in [0.15, 0.2) is 0 Å². The van der Waals surface area contributed by atoms with Crippen LogP contribution in [0.15, 0.2) is 47.4 Å². The Hall–Kier alpha value is -2.61. The van der Waals surface area contributed by atoms with E-state index in [9.17, 15) is 18.5 Å². The molecule has 21 heavy (non-hydrogen) atoms. The van der Waals surface area contributed by atoms with Gasteiger partial charge in [-0.05, 0) is 42.8 Å². The van der Waals surface area contributed by atoms with E-state index in [2.05, 4.69) is 4.72 Å². The van der Waals surface area contributed by atoms with Crippen molar-refractivity contribution in [1.29, 1.82) is 0 Å². The van der Waals surface area contributed by atoms with Crippen molar-refractivity contribution < 1.29 is 18.4 Å². The number of aryl methyl sites for hydroxylation is 1. The summed E-state index contributed by atoms with van der Waals surface area (Å²) in [6.07, 6.45) is 0. The highest BCUT2D eigenvalue weighted by Gasteiger charge is 2.16. The molecule has 7 nitrogen and oxygen atoms in total. The van der Waals surface area contributed by atoms with Crippen LogP contribution < -0.4 is 4.72 Å². The van der Waals surface area contributed by atoms with Gasteiger partial charge in [-0.15, -0.1) is 0 Å². The Morgan fingerprint density at radius 2 is 1.76 bits per heavy atom. The predicted molar refractivity (Wildman–Crippen MR) is 76.7 cm³/mol. The van der Waals surface area contributed by atoms with Crippen molar-refractivity contribution in [2.24, 2.45) is 0 Å². The summed E-state index contributed by atoms with van der Waals surface area (Å²) in [6, 6.07) is 8.90. The number of nitrogens with one attached hydrogen (secondary N) is 1. The third-order valence-electron chi connectivity index (χ3n) is 2.81. The third kappa shape index (κ3) is 3.29. The zero-order valence-corrected chi connectivity index (χ0v) is 11.8. The molecule has 2 aromatic rings. The molecule has 0 unspecified atom stereocenters. The van der Waals surface area contributed by atoms with Crippen LogP contribution in [-0.2, 0) is 10.0 Å². The van der Waals surface area contributed by atoms with Crippen LogP contribution in [-0.4, -0.2) is 18.4 Å². The Balaban J connectivity index is 2.32. The minimum absolute atomic E-state index is 0.0157. The number of hydrogen-bond acceptors (Lipinski definition) is 5. The largest absolute Gasteiger partial charge is 0.508 e. The van der Waals surface area contributed by atoms with Crippen molar-refractivity contribution in [3.05, 3.63) is 58.1 Å². The Morgan fingerprint density at radius 1 is 1.14 bits per heavy atom. The van der Waals surface area contributed by atoms with Crippen LogP contribution in [0.3, 0.4) is 0 Å². The van der Waals surface area contributed by atoms with Gasteiger partial charge in [-0.1, -0.05) is 0 Å². The van der Waals surface area contributed by atoms with E-state index in [0.29, 0.717) is 5.56 Å². The van der Waals surface area contributed by atoms with Gasteiger partial charge in [0.1, 0.15) is 5.75 Å². The van der Waals surface area contributed by atoms with Crippen LogP contribution in [0.1, 0.15) is 5.56 Å². The summed E-state index contributed by atoms with van der Waals surface area (Å²) < 4.78 is 26.7. The molecule has 0 bridgehead atoms. The van der Waals surface area contributed by atoms with Gasteiger partial charge in [0.25, 0.3) is 15.7 Å². The molecule has 0 spiro atoms. The summed E-state index contributed by atoms with van der Waals surface area (Å²) in [4.78, 5) is 10.1. The summed E-state index contributed by atoms with van der Waals surface area (Å²) in [5.41, 5.74) is 0.584. The van der Waals surface area contributed by atoms with E-state index >= 15 is 0 Å². The summed E-state index contributed by atoms with van der Waals surface area (Å²) >= 11 is 0. The molecule has 0 amide bonds. The van der Waals surface area contributed by atoms with Gasteiger partial charge in [0.2, 0.25) is 0 Å². The van der Waals surface area contributed by atoms with Gasteiger partial charge in [-0.3, -0.25) is 14.8 Å². The number of nitro benzene ring substituents is 1. The number of anilines is 1. The number of phenols is 1. The smallest absolute Gasteiger partial charge is 0.269 e.